The summed E-state index contributed by atoms with van der Waals surface area (Å²) in [4.78, 5) is 12.0. The van der Waals surface area contributed by atoms with E-state index >= 15 is 0 Å². The minimum atomic E-state index is -0.0344. The minimum Gasteiger partial charge on any atom is -0.508 e. The molecule has 0 aliphatic rings. The highest BCUT2D eigenvalue weighted by molar-refractivity contribution is 7.19. The summed E-state index contributed by atoms with van der Waals surface area (Å²) in [5.41, 5.74) is 0. The van der Waals surface area contributed by atoms with Crippen molar-refractivity contribution in [1.29, 1.82) is 0 Å². The standard InChI is InChI=1S/C12H13NO2S/c1-7(13-8(2)14)12-6-9-5-10(15)3-4-11(9)16-12/h3-7,15H,1-2H3,(H,13,14). The molecule has 0 saturated carbocycles. The van der Waals surface area contributed by atoms with Gasteiger partial charge in [0.05, 0.1) is 6.04 Å². The summed E-state index contributed by atoms with van der Waals surface area (Å²) in [6.45, 7) is 3.46. The van der Waals surface area contributed by atoms with Gasteiger partial charge in [0.1, 0.15) is 5.75 Å². The highest BCUT2D eigenvalue weighted by atomic mass is 32.1. The van der Waals surface area contributed by atoms with Gasteiger partial charge < -0.3 is 10.4 Å². The number of amides is 1. The van der Waals surface area contributed by atoms with Gasteiger partial charge in [-0.1, -0.05) is 0 Å². The van der Waals surface area contributed by atoms with Crippen LogP contribution in [0, 0.1) is 0 Å². The van der Waals surface area contributed by atoms with Crippen molar-refractivity contribution in [2.24, 2.45) is 0 Å². The Labute approximate surface area is 97.7 Å². The number of hydrogen-bond donors (Lipinski definition) is 2. The van der Waals surface area contributed by atoms with Crippen molar-refractivity contribution in [3.8, 4) is 5.75 Å². The van der Waals surface area contributed by atoms with Crippen LogP contribution in [-0.2, 0) is 4.79 Å². The number of fused-ring (bicyclic) bond motifs is 1. The maximum absolute atomic E-state index is 11.0. The summed E-state index contributed by atoms with van der Waals surface area (Å²) in [6, 6.07) is 7.30. The van der Waals surface area contributed by atoms with Gasteiger partial charge in [0.15, 0.2) is 0 Å². The lowest BCUT2D eigenvalue weighted by atomic mass is 10.2. The second kappa shape index (κ2) is 4.14. The Balaban J connectivity index is 2.35. The van der Waals surface area contributed by atoms with Crippen LogP contribution in [0.15, 0.2) is 24.3 Å². The summed E-state index contributed by atoms with van der Waals surface area (Å²) < 4.78 is 1.12. The van der Waals surface area contributed by atoms with Gasteiger partial charge >= 0.3 is 0 Å². The molecule has 1 atom stereocenters. The molecule has 1 aromatic carbocycles. The average Bonchev–Trinajstić information content (AvgIpc) is 2.59. The second-order valence-electron chi connectivity index (χ2n) is 3.79. The monoisotopic (exact) mass is 235 g/mol. The van der Waals surface area contributed by atoms with Gasteiger partial charge in [-0.25, -0.2) is 0 Å². The molecule has 2 N–H and O–H groups in total. The Morgan fingerprint density at radius 2 is 2.19 bits per heavy atom. The van der Waals surface area contributed by atoms with Gasteiger partial charge in [0.2, 0.25) is 5.91 Å². The quantitative estimate of drug-likeness (QED) is 0.841. The first-order valence-electron chi connectivity index (χ1n) is 5.06. The van der Waals surface area contributed by atoms with E-state index < -0.39 is 0 Å². The molecule has 1 amide bonds. The molecule has 2 rings (SSSR count). The van der Waals surface area contributed by atoms with Crippen LogP contribution < -0.4 is 5.32 Å². The van der Waals surface area contributed by atoms with Crippen molar-refractivity contribution in [1.82, 2.24) is 5.32 Å². The molecule has 2 aromatic rings. The van der Waals surface area contributed by atoms with Gasteiger partial charge in [0.25, 0.3) is 0 Å². The number of nitrogens with one attached hydrogen (secondary N) is 1. The summed E-state index contributed by atoms with van der Waals surface area (Å²) in [7, 11) is 0. The molecule has 4 heteroatoms. The largest absolute Gasteiger partial charge is 0.508 e. The third-order valence-corrected chi connectivity index (χ3v) is 3.66. The Kier molecular flexibility index (Phi) is 2.83. The van der Waals surface area contributed by atoms with E-state index in [1.165, 1.54) is 6.92 Å². The van der Waals surface area contributed by atoms with E-state index in [9.17, 15) is 9.90 Å². The molecule has 1 aromatic heterocycles. The van der Waals surface area contributed by atoms with E-state index in [0.29, 0.717) is 0 Å². The SMILES string of the molecule is CC(=O)NC(C)c1cc2cc(O)ccc2s1. The van der Waals surface area contributed by atoms with Gasteiger partial charge in [-0.3, -0.25) is 4.79 Å². The molecule has 1 heterocycles. The fourth-order valence-electron chi connectivity index (χ4n) is 1.64. The fourth-order valence-corrected chi connectivity index (χ4v) is 2.69. The molecule has 0 bridgehead atoms. The van der Waals surface area contributed by atoms with Gasteiger partial charge in [-0.15, -0.1) is 11.3 Å². The molecule has 84 valence electrons. The molecule has 0 spiro atoms. The van der Waals surface area contributed by atoms with Crippen LogP contribution in [-0.4, -0.2) is 11.0 Å². The van der Waals surface area contributed by atoms with Crippen LogP contribution in [0.4, 0.5) is 0 Å². The van der Waals surface area contributed by atoms with Gasteiger partial charge in [0, 0.05) is 16.5 Å². The van der Waals surface area contributed by atoms with Crippen LogP contribution in [0.3, 0.4) is 0 Å². The van der Waals surface area contributed by atoms with Crippen molar-refractivity contribution < 1.29 is 9.90 Å². The summed E-state index contributed by atoms with van der Waals surface area (Å²) in [5, 5.41) is 13.2. The zero-order valence-corrected chi connectivity index (χ0v) is 9.97. The third-order valence-electron chi connectivity index (χ3n) is 2.37. The molecule has 3 nitrogen and oxygen atoms in total. The number of carbonyl (C=O) groups is 1. The van der Waals surface area contributed by atoms with Crippen LogP contribution in [0.25, 0.3) is 10.1 Å². The van der Waals surface area contributed by atoms with Gasteiger partial charge in [-0.05, 0) is 36.6 Å². The number of rotatable bonds is 2. The van der Waals surface area contributed by atoms with Crippen molar-refractivity contribution >= 4 is 27.3 Å². The van der Waals surface area contributed by atoms with Crippen LogP contribution in [0.5, 0.6) is 5.75 Å². The lowest BCUT2D eigenvalue weighted by molar-refractivity contribution is -0.119. The Morgan fingerprint density at radius 1 is 1.44 bits per heavy atom. The predicted octanol–water partition coefficient (Wildman–Crippen LogP) is 2.80. The normalized spacial score (nSPS) is 12.6. The molecule has 0 aliphatic heterocycles. The number of phenolic OH excluding ortho intramolecular Hbond substituents is 1. The third kappa shape index (κ3) is 2.17. The molecular weight excluding hydrogens is 222 g/mol. The van der Waals surface area contributed by atoms with Crippen molar-refractivity contribution in [3.63, 3.8) is 0 Å². The molecule has 0 saturated heterocycles. The van der Waals surface area contributed by atoms with Crippen molar-refractivity contribution in [3.05, 3.63) is 29.1 Å². The zero-order chi connectivity index (χ0) is 11.7. The number of aromatic hydroxyl groups is 1. The smallest absolute Gasteiger partial charge is 0.217 e. The molecule has 0 radical (unpaired) electrons. The first-order valence-corrected chi connectivity index (χ1v) is 5.87. The maximum atomic E-state index is 11.0. The van der Waals surface area contributed by atoms with E-state index in [-0.39, 0.29) is 17.7 Å². The lowest BCUT2D eigenvalue weighted by Gasteiger charge is -2.09. The van der Waals surface area contributed by atoms with Gasteiger partial charge in [-0.2, -0.15) is 0 Å². The highest BCUT2D eigenvalue weighted by Crippen LogP contribution is 2.31. The van der Waals surface area contributed by atoms with Crippen molar-refractivity contribution in [2.75, 3.05) is 0 Å². The van der Waals surface area contributed by atoms with E-state index in [0.717, 1.165) is 15.0 Å². The first kappa shape index (κ1) is 11.0. The van der Waals surface area contributed by atoms with Crippen LogP contribution in [0.2, 0.25) is 0 Å². The average molecular weight is 235 g/mol. The molecule has 0 fully saturated rings. The molecule has 16 heavy (non-hydrogen) atoms. The number of benzene rings is 1. The first-order chi connectivity index (χ1) is 7.56. The maximum Gasteiger partial charge on any atom is 0.217 e. The molecule has 0 aliphatic carbocycles. The lowest BCUT2D eigenvalue weighted by Crippen LogP contribution is -2.22. The topological polar surface area (TPSA) is 49.3 Å². The number of phenols is 1. The minimum absolute atomic E-state index is 0.0112. The second-order valence-corrected chi connectivity index (χ2v) is 4.91. The van der Waals surface area contributed by atoms with Crippen LogP contribution in [0.1, 0.15) is 24.8 Å². The Hall–Kier alpha value is -1.55. The molecular formula is C12H13NO2S. The number of carbonyl (C=O) groups excluding carboxylic acids is 1. The summed E-state index contributed by atoms with van der Waals surface area (Å²) in [5.74, 6) is 0.233. The van der Waals surface area contributed by atoms with E-state index in [4.69, 9.17) is 0 Å². The number of thiophene rings is 1. The predicted molar refractivity (Wildman–Crippen MR) is 65.7 cm³/mol. The Morgan fingerprint density at radius 3 is 2.88 bits per heavy atom. The molecule has 1 unspecified atom stereocenters. The van der Waals surface area contributed by atoms with E-state index in [1.807, 2.05) is 19.1 Å². The van der Waals surface area contributed by atoms with E-state index in [2.05, 4.69) is 5.32 Å². The van der Waals surface area contributed by atoms with Crippen LogP contribution >= 0.6 is 11.3 Å². The highest BCUT2D eigenvalue weighted by Gasteiger charge is 2.10. The number of hydrogen-bond acceptors (Lipinski definition) is 3. The van der Waals surface area contributed by atoms with Crippen molar-refractivity contribution in [2.45, 2.75) is 19.9 Å². The summed E-state index contributed by atoms with van der Waals surface area (Å²) in [6.07, 6.45) is 0. The fraction of sp³-hybridized carbons (Fsp3) is 0.250. The van der Waals surface area contributed by atoms with E-state index in [1.54, 1.807) is 23.5 Å². The summed E-state index contributed by atoms with van der Waals surface area (Å²) >= 11 is 1.63. The Bertz CT molecular complexity index is 533. The zero-order valence-electron chi connectivity index (χ0n) is 9.15.